The van der Waals surface area contributed by atoms with Crippen LogP contribution in [0.1, 0.15) is 30.3 Å². The molecule has 0 aliphatic carbocycles. The minimum absolute atomic E-state index is 0.110. The monoisotopic (exact) mass is 281 g/mol. The topological polar surface area (TPSA) is 80.7 Å². The number of aryl methyl sites for hydroxylation is 2. The van der Waals surface area contributed by atoms with E-state index < -0.39 is 0 Å². The van der Waals surface area contributed by atoms with Crippen LogP contribution in [0.5, 0.6) is 0 Å². The number of hydrogen-bond acceptors (Lipinski definition) is 5. The first-order chi connectivity index (χ1) is 9.02. The molecule has 0 aromatic carbocycles. The summed E-state index contributed by atoms with van der Waals surface area (Å²) < 4.78 is 5.58. The van der Waals surface area contributed by atoms with Crippen LogP contribution in [0.2, 0.25) is 0 Å². The Morgan fingerprint density at radius 2 is 2.32 bits per heavy atom. The van der Waals surface area contributed by atoms with Crippen LogP contribution in [0.3, 0.4) is 0 Å². The fraction of sp³-hybridized carbons (Fsp3) is 0.538. The molecule has 0 amide bonds. The van der Waals surface area contributed by atoms with Gasteiger partial charge in [0.15, 0.2) is 5.84 Å². The minimum Gasteiger partial charge on any atom is -0.409 e. The minimum atomic E-state index is 0.110. The highest BCUT2D eigenvalue weighted by Gasteiger charge is 2.27. The Morgan fingerprint density at radius 1 is 1.58 bits per heavy atom. The first-order valence-electron chi connectivity index (χ1n) is 6.27. The largest absolute Gasteiger partial charge is 0.409 e. The van der Waals surface area contributed by atoms with Crippen LogP contribution in [0.15, 0.2) is 16.1 Å². The second-order valence-electron chi connectivity index (χ2n) is 4.73. The van der Waals surface area contributed by atoms with Gasteiger partial charge in [-0.3, -0.25) is 4.98 Å². The molecule has 1 saturated heterocycles. The summed E-state index contributed by atoms with van der Waals surface area (Å²) in [6.45, 7) is 6.69. The zero-order chi connectivity index (χ0) is 14.0. The van der Waals surface area contributed by atoms with Gasteiger partial charge in [-0.15, -0.1) is 11.8 Å². The van der Waals surface area contributed by atoms with Gasteiger partial charge in [0.25, 0.3) is 0 Å². The summed E-state index contributed by atoms with van der Waals surface area (Å²) in [7, 11) is 0. The molecule has 1 aliphatic heterocycles. The Kier molecular flexibility index (Phi) is 4.31. The molecule has 2 atom stereocenters. The second-order valence-corrected chi connectivity index (χ2v) is 6.01. The van der Waals surface area contributed by atoms with E-state index in [0.717, 1.165) is 34.9 Å². The highest BCUT2D eigenvalue weighted by molar-refractivity contribution is 8.00. The molecule has 3 N–H and O–H groups in total. The van der Waals surface area contributed by atoms with Gasteiger partial charge in [-0.25, -0.2) is 0 Å². The Hall–Kier alpha value is -1.27. The van der Waals surface area contributed by atoms with Gasteiger partial charge in [0.1, 0.15) is 0 Å². The number of oxime groups is 1. The van der Waals surface area contributed by atoms with Gasteiger partial charge in [-0.05, 0) is 33.3 Å². The molecule has 1 aliphatic rings. The van der Waals surface area contributed by atoms with Crippen molar-refractivity contribution in [3.63, 3.8) is 0 Å². The van der Waals surface area contributed by atoms with Crippen molar-refractivity contribution in [3.8, 4) is 0 Å². The summed E-state index contributed by atoms with van der Waals surface area (Å²) in [6, 6.07) is 1.98. The maximum atomic E-state index is 8.92. The average Bonchev–Trinajstić information content (AvgIpc) is 2.73. The summed E-state index contributed by atoms with van der Waals surface area (Å²) in [4.78, 5) is 5.38. The van der Waals surface area contributed by atoms with Crippen LogP contribution in [0.25, 0.3) is 0 Å². The summed E-state index contributed by atoms with van der Waals surface area (Å²) in [5.74, 6) is 0.110. The van der Waals surface area contributed by atoms with Crippen LogP contribution in [-0.2, 0) is 4.74 Å². The third-order valence-electron chi connectivity index (χ3n) is 3.24. The van der Waals surface area contributed by atoms with Crippen LogP contribution in [0, 0.1) is 13.8 Å². The van der Waals surface area contributed by atoms with E-state index in [9.17, 15) is 0 Å². The molecule has 1 fully saturated rings. The quantitative estimate of drug-likeness (QED) is 0.383. The van der Waals surface area contributed by atoms with E-state index in [1.165, 1.54) is 0 Å². The van der Waals surface area contributed by atoms with Crippen molar-refractivity contribution in [1.29, 1.82) is 0 Å². The highest BCUT2D eigenvalue weighted by atomic mass is 32.2. The summed E-state index contributed by atoms with van der Waals surface area (Å²) in [6.07, 6.45) is 1.24. The van der Waals surface area contributed by atoms with E-state index in [1.807, 2.05) is 19.9 Å². The predicted octanol–water partition coefficient (Wildman–Crippen LogP) is 2.06. The molecule has 2 rings (SSSR count). The van der Waals surface area contributed by atoms with Crippen molar-refractivity contribution in [2.45, 2.75) is 43.4 Å². The molecule has 0 saturated carbocycles. The van der Waals surface area contributed by atoms with Crippen molar-refractivity contribution < 1.29 is 9.94 Å². The molecule has 0 spiro atoms. The van der Waals surface area contributed by atoms with E-state index >= 15 is 0 Å². The Labute approximate surface area is 117 Å². The van der Waals surface area contributed by atoms with E-state index in [4.69, 9.17) is 15.7 Å². The number of amidine groups is 1. The smallest absolute Gasteiger partial charge is 0.173 e. The van der Waals surface area contributed by atoms with Crippen molar-refractivity contribution in [2.24, 2.45) is 10.9 Å². The van der Waals surface area contributed by atoms with Gasteiger partial charge in [0.05, 0.1) is 11.7 Å². The molecule has 0 radical (unpaired) electrons. The number of nitrogens with zero attached hydrogens (tertiary/aromatic N) is 2. The number of ether oxygens (including phenoxy) is 1. The number of pyridine rings is 1. The number of hydrogen-bond donors (Lipinski definition) is 2. The standard InChI is InChI=1S/C13H19N3O2S/c1-7-6-11(19-10-4-5-18-9(10)3)12(8(2)15-7)13(14)16-17/h6,9-10,17H,4-5H2,1-3H3,(H2,14,16). The Bertz CT molecular complexity index is 505. The molecule has 0 bridgehead atoms. The molecule has 19 heavy (non-hydrogen) atoms. The lowest BCUT2D eigenvalue weighted by Crippen LogP contribution is -2.19. The molecule has 1 aromatic rings. The SMILES string of the molecule is Cc1cc(SC2CCOC2C)c(/C(N)=N/O)c(C)n1. The van der Waals surface area contributed by atoms with Gasteiger partial charge >= 0.3 is 0 Å². The number of aromatic nitrogens is 1. The van der Waals surface area contributed by atoms with Gasteiger partial charge in [0.2, 0.25) is 0 Å². The number of nitrogens with two attached hydrogens (primary N) is 1. The van der Waals surface area contributed by atoms with Crippen molar-refractivity contribution >= 4 is 17.6 Å². The van der Waals surface area contributed by atoms with Crippen LogP contribution < -0.4 is 5.73 Å². The van der Waals surface area contributed by atoms with Crippen molar-refractivity contribution in [1.82, 2.24) is 4.98 Å². The molecular formula is C13H19N3O2S. The molecule has 6 heteroatoms. The fourth-order valence-corrected chi connectivity index (χ4v) is 3.70. The summed E-state index contributed by atoms with van der Waals surface area (Å²) in [5.41, 5.74) is 8.20. The predicted molar refractivity (Wildman–Crippen MR) is 75.9 cm³/mol. The van der Waals surface area contributed by atoms with Crippen LogP contribution in [0.4, 0.5) is 0 Å². The van der Waals surface area contributed by atoms with E-state index in [2.05, 4.69) is 17.1 Å². The Balaban J connectivity index is 2.37. The van der Waals surface area contributed by atoms with E-state index in [-0.39, 0.29) is 11.9 Å². The first kappa shape index (κ1) is 14.1. The summed E-state index contributed by atoms with van der Waals surface area (Å²) in [5, 5.41) is 12.4. The zero-order valence-corrected chi connectivity index (χ0v) is 12.2. The Morgan fingerprint density at radius 3 is 2.89 bits per heavy atom. The van der Waals surface area contributed by atoms with Crippen LogP contribution in [-0.4, -0.2) is 34.0 Å². The first-order valence-corrected chi connectivity index (χ1v) is 7.15. The van der Waals surface area contributed by atoms with Gasteiger partial charge in [-0.1, -0.05) is 5.16 Å². The third kappa shape index (κ3) is 3.01. The lowest BCUT2D eigenvalue weighted by molar-refractivity contribution is 0.127. The van der Waals surface area contributed by atoms with Gasteiger partial charge in [-0.2, -0.15) is 0 Å². The highest BCUT2D eigenvalue weighted by Crippen LogP contribution is 2.35. The summed E-state index contributed by atoms with van der Waals surface area (Å²) >= 11 is 1.72. The second kappa shape index (κ2) is 5.79. The molecule has 2 unspecified atom stereocenters. The van der Waals surface area contributed by atoms with Crippen molar-refractivity contribution in [2.75, 3.05) is 6.61 Å². The van der Waals surface area contributed by atoms with Gasteiger partial charge in [0, 0.05) is 28.1 Å². The van der Waals surface area contributed by atoms with E-state index in [1.54, 1.807) is 11.8 Å². The maximum Gasteiger partial charge on any atom is 0.173 e. The third-order valence-corrected chi connectivity index (χ3v) is 4.74. The maximum absolute atomic E-state index is 8.92. The molecule has 2 heterocycles. The van der Waals surface area contributed by atoms with Crippen molar-refractivity contribution in [3.05, 3.63) is 23.0 Å². The van der Waals surface area contributed by atoms with Crippen LogP contribution >= 0.6 is 11.8 Å². The zero-order valence-electron chi connectivity index (χ0n) is 11.4. The number of thioether (sulfide) groups is 1. The number of rotatable bonds is 3. The molecule has 1 aromatic heterocycles. The lowest BCUT2D eigenvalue weighted by atomic mass is 10.1. The van der Waals surface area contributed by atoms with E-state index in [0.29, 0.717) is 5.25 Å². The van der Waals surface area contributed by atoms with Gasteiger partial charge < -0.3 is 15.7 Å². The molecule has 104 valence electrons. The normalized spacial score (nSPS) is 23.8. The lowest BCUT2D eigenvalue weighted by Gasteiger charge is -2.17. The fourth-order valence-electron chi connectivity index (χ4n) is 2.28. The molecule has 5 nitrogen and oxygen atoms in total. The average molecular weight is 281 g/mol. The molecular weight excluding hydrogens is 262 g/mol.